The molecule has 0 fully saturated rings. The number of hydrogen-bond acceptors (Lipinski definition) is 4. The molecule has 0 bridgehead atoms. The van der Waals surface area contributed by atoms with E-state index in [9.17, 15) is 8.42 Å². The molecule has 0 saturated heterocycles. The standard InChI is InChI=1S/C14H14INO4S/c1-19-11-5-8-13(14(9-11)20-2)16-21(17,18)12-6-3-10(15)4-7-12/h3-9,16H,1-2H3. The largest absolute Gasteiger partial charge is 0.497 e. The lowest BCUT2D eigenvalue weighted by atomic mass is 10.3. The smallest absolute Gasteiger partial charge is 0.262 e. The lowest BCUT2D eigenvalue weighted by Crippen LogP contribution is -2.13. The molecular formula is C14H14INO4S. The molecule has 21 heavy (non-hydrogen) atoms. The SMILES string of the molecule is COc1ccc(NS(=O)(=O)c2ccc(I)cc2)c(OC)c1. The zero-order valence-electron chi connectivity index (χ0n) is 11.5. The number of halogens is 1. The normalized spacial score (nSPS) is 11.0. The Morgan fingerprint density at radius 3 is 2.24 bits per heavy atom. The van der Waals surface area contributed by atoms with Gasteiger partial charge in [-0.1, -0.05) is 0 Å². The van der Waals surface area contributed by atoms with Gasteiger partial charge in [0.25, 0.3) is 10.0 Å². The molecule has 1 N–H and O–H groups in total. The minimum absolute atomic E-state index is 0.195. The molecule has 0 radical (unpaired) electrons. The highest BCUT2D eigenvalue weighted by Crippen LogP contribution is 2.30. The van der Waals surface area contributed by atoms with Crippen LogP contribution in [0.4, 0.5) is 5.69 Å². The van der Waals surface area contributed by atoms with Crippen LogP contribution < -0.4 is 14.2 Å². The van der Waals surface area contributed by atoms with Crippen molar-refractivity contribution in [2.45, 2.75) is 4.90 Å². The summed E-state index contributed by atoms with van der Waals surface area (Å²) in [5, 5.41) is 0. The van der Waals surface area contributed by atoms with E-state index in [0.29, 0.717) is 17.2 Å². The summed E-state index contributed by atoms with van der Waals surface area (Å²) in [6, 6.07) is 11.5. The quantitative estimate of drug-likeness (QED) is 0.757. The van der Waals surface area contributed by atoms with Gasteiger partial charge in [-0.05, 0) is 59.0 Å². The Kier molecular flexibility index (Phi) is 4.94. The van der Waals surface area contributed by atoms with Crippen molar-refractivity contribution in [1.29, 1.82) is 0 Å². The van der Waals surface area contributed by atoms with Gasteiger partial charge in [-0.2, -0.15) is 0 Å². The van der Waals surface area contributed by atoms with E-state index in [4.69, 9.17) is 9.47 Å². The first-order chi connectivity index (χ1) is 9.96. The minimum Gasteiger partial charge on any atom is -0.497 e. The van der Waals surface area contributed by atoms with Crippen LogP contribution in [0.3, 0.4) is 0 Å². The summed E-state index contributed by atoms with van der Waals surface area (Å²) >= 11 is 2.12. The highest BCUT2D eigenvalue weighted by atomic mass is 127. The molecule has 112 valence electrons. The summed E-state index contributed by atoms with van der Waals surface area (Å²) < 4.78 is 38.4. The lowest BCUT2D eigenvalue weighted by Gasteiger charge is -2.13. The van der Waals surface area contributed by atoms with Crippen LogP contribution in [0.1, 0.15) is 0 Å². The van der Waals surface area contributed by atoms with Crippen molar-refractivity contribution >= 4 is 38.3 Å². The topological polar surface area (TPSA) is 64.6 Å². The van der Waals surface area contributed by atoms with Crippen molar-refractivity contribution in [3.8, 4) is 11.5 Å². The van der Waals surface area contributed by atoms with E-state index in [1.165, 1.54) is 14.2 Å². The number of benzene rings is 2. The molecule has 2 aromatic rings. The molecule has 5 nitrogen and oxygen atoms in total. The fraction of sp³-hybridized carbons (Fsp3) is 0.143. The van der Waals surface area contributed by atoms with Gasteiger partial charge in [0.2, 0.25) is 0 Å². The van der Waals surface area contributed by atoms with Gasteiger partial charge in [0.05, 0.1) is 24.8 Å². The Hall–Kier alpha value is -1.48. The van der Waals surface area contributed by atoms with Crippen molar-refractivity contribution in [3.05, 3.63) is 46.0 Å². The van der Waals surface area contributed by atoms with Crippen LogP contribution in [0.25, 0.3) is 0 Å². The number of rotatable bonds is 5. The molecule has 0 aliphatic heterocycles. The Balaban J connectivity index is 2.34. The first-order valence-electron chi connectivity index (χ1n) is 5.96. The summed E-state index contributed by atoms with van der Waals surface area (Å²) in [6.45, 7) is 0. The Morgan fingerprint density at radius 1 is 1.00 bits per heavy atom. The number of anilines is 1. The van der Waals surface area contributed by atoms with E-state index < -0.39 is 10.0 Å². The number of ether oxygens (including phenoxy) is 2. The third-order valence-electron chi connectivity index (χ3n) is 2.78. The summed E-state index contributed by atoms with van der Waals surface area (Å²) in [7, 11) is -0.655. The fourth-order valence-corrected chi connectivity index (χ4v) is 3.13. The van der Waals surface area contributed by atoms with Crippen molar-refractivity contribution in [3.63, 3.8) is 0 Å². The molecule has 0 aromatic heterocycles. The molecular weight excluding hydrogens is 405 g/mol. The molecule has 0 unspecified atom stereocenters. The number of sulfonamides is 1. The van der Waals surface area contributed by atoms with Gasteiger partial charge in [0, 0.05) is 9.64 Å². The first-order valence-corrected chi connectivity index (χ1v) is 8.53. The fourth-order valence-electron chi connectivity index (χ4n) is 1.70. The molecule has 0 spiro atoms. The highest BCUT2D eigenvalue weighted by Gasteiger charge is 2.16. The van der Waals surface area contributed by atoms with E-state index in [0.717, 1.165) is 3.57 Å². The summed E-state index contributed by atoms with van der Waals surface area (Å²) in [5.41, 5.74) is 0.358. The van der Waals surface area contributed by atoms with Crippen LogP contribution >= 0.6 is 22.6 Å². The minimum atomic E-state index is -3.66. The summed E-state index contributed by atoms with van der Waals surface area (Å²) in [4.78, 5) is 0.195. The third-order valence-corrected chi connectivity index (χ3v) is 4.88. The Labute approximate surface area is 137 Å². The molecule has 0 amide bonds. The second kappa shape index (κ2) is 6.52. The highest BCUT2D eigenvalue weighted by molar-refractivity contribution is 14.1. The maximum atomic E-state index is 12.3. The second-order valence-electron chi connectivity index (χ2n) is 4.13. The van der Waals surface area contributed by atoms with Gasteiger partial charge in [-0.15, -0.1) is 0 Å². The van der Waals surface area contributed by atoms with Crippen LogP contribution in [0.2, 0.25) is 0 Å². The molecule has 7 heteroatoms. The molecule has 2 aromatic carbocycles. The molecule has 0 atom stereocenters. The summed E-state index contributed by atoms with van der Waals surface area (Å²) in [6.07, 6.45) is 0. The summed E-state index contributed by atoms with van der Waals surface area (Å²) in [5.74, 6) is 0.979. The van der Waals surface area contributed by atoms with E-state index in [-0.39, 0.29) is 4.90 Å². The molecule has 0 aliphatic carbocycles. The second-order valence-corrected chi connectivity index (χ2v) is 7.05. The Bertz CT molecular complexity index is 729. The predicted octanol–water partition coefficient (Wildman–Crippen LogP) is 3.11. The van der Waals surface area contributed by atoms with Gasteiger partial charge < -0.3 is 9.47 Å². The maximum Gasteiger partial charge on any atom is 0.262 e. The van der Waals surface area contributed by atoms with Crippen molar-refractivity contribution in [2.75, 3.05) is 18.9 Å². The van der Waals surface area contributed by atoms with E-state index in [1.54, 1.807) is 42.5 Å². The Morgan fingerprint density at radius 2 is 1.67 bits per heavy atom. The first kappa shape index (κ1) is 15.9. The van der Waals surface area contributed by atoms with E-state index >= 15 is 0 Å². The third kappa shape index (κ3) is 3.79. The number of nitrogens with one attached hydrogen (secondary N) is 1. The van der Waals surface area contributed by atoms with Crippen molar-refractivity contribution in [1.82, 2.24) is 0 Å². The zero-order chi connectivity index (χ0) is 15.5. The van der Waals surface area contributed by atoms with Crippen LogP contribution in [0.15, 0.2) is 47.4 Å². The molecule has 0 heterocycles. The zero-order valence-corrected chi connectivity index (χ0v) is 14.4. The van der Waals surface area contributed by atoms with Gasteiger partial charge in [0.1, 0.15) is 11.5 Å². The maximum absolute atomic E-state index is 12.3. The van der Waals surface area contributed by atoms with Crippen LogP contribution in [-0.2, 0) is 10.0 Å². The number of hydrogen-bond donors (Lipinski definition) is 1. The van der Waals surface area contributed by atoms with Crippen LogP contribution in [-0.4, -0.2) is 22.6 Å². The van der Waals surface area contributed by atoms with E-state index in [1.807, 2.05) is 0 Å². The van der Waals surface area contributed by atoms with Gasteiger partial charge in [-0.3, -0.25) is 4.72 Å². The van der Waals surface area contributed by atoms with Crippen LogP contribution in [0, 0.1) is 3.57 Å². The number of methoxy groups -OCH3 is 2. The monoisotopic (exact) mass is 419 g/mol. The van der Waals surface area contributed by atoms with Gasteiger partial charge in [-0.25, -0.2) is 8.42 Å². The molecule has 0 aliphatic rings. The van der Waals surface area contributed by atoms with Gasteiger partial charge in [0.15, 0.2) is 0 Å². The van der Waals surface area contributed by atoms with E-state index in [2.05, 4.69) is 27.3 Å². The molecule has 0 saturated carbocycles. The van der Waals surface area contributed by atoms with Crippen molar-refractivity contribution in [2.24, 2.45) is 0 Å². The van der Waals surface area contributed by atoms with Gasteiger partial charge >= 0.3 is 0 Å². The average Bonchev–Trinajstić information content (AvgIpc) is 2.47. The molecule has 2 rings (SSSR count). The predicted molar refractivity (Wildman–Crippen MR) is 89.5 cm³/mol. The average molecular weight is 419 g/mol. The lowest BCUT2D eigenvalue weighted by molar-refractivity contribution is 0.395. The van der Waals surface area contributed by atoms with Crippen LogP contribution in [0.5, 0.6) is 11.5 Å². The van der Waals surface area contributed by atoms with Crippen molar-refractivity contribution < 1.29 is 17.9 Å².